The molecule has 0 unspecified atom stereocenters. The molecule has 0 fully saturated rings. The average Bonchev–Trinajstić information content (AvgIpc) is 2.26. The largest absolute Gasteiger partial charge is 0.293 e. The van der Waals surface area contributed by atoms with Gasteiger partial charge in [0.1, 0.15) is 5.71 Å². The van der Waals surface area contributed by atoms with Crippen LogP contribution in [0.25, 0.3) is 0 Å². The van der Waals surface area contributed by atoms with Crippen molar-refractivity contribution in [3.05, 3.63) is 30.1 Å². The van der Waals surface area contributed by atoms with Gasteiger partial charge in [0.25, 0.3) is 5.91 Å². The third kappa shape index (κ3) is 3.30. The Labute approximate surface area is 87.2 Å². The predicted octanol–water partition coefficient (Wildman–Crippen LogP) is 0.776. The number of nitrogens with one attached hydrogen (secondary N) is 1. The highest BCUT2D eigenvalue weighted by molar-refractivity contribution is 6.38. The molecule has 1 N–H and O–H groups in total. The Bertz CT molecular complexity index is 398. The molecule has 78 valence electrons. The molecule has 0 atom stereocenters. The summed E-state index contributed by atoms with van der Waals surface area (Å²) in [6, 6.07) is 3.13. The van der Waals surface area contributed by atoms with E-state index in [4.69, 9.17) is 0 Å². The minimum absolute atomic E-state index is 0.176. The number of rotatable bonds is 3. The minimum atomic E-state index is -0.363. The van der Waals surface area contributed by atoms with Gasteiger partial charge >= 0.3 is 0 Å². The molecular weight excluding hydrogens is 194 g/mol. The first-order valence-electron chi connectivity index (χ1n) is 4.37. The van der Waals surface area contributed by atoms with Gasteiger partial charge in [-0.1, -0.05) is 0 Å². The second-order valence-electron chi connectivity index (χ2n) is 2.93. The topological polar surface area (TPSA) is 71.4 Å². The molecule has 0 spiro atoms. The summed E-state index contributed by atoms with van der Waals surface area (Å²) in [5.41, 5.74) is 2.99. The van der Waals surface area contributed by atoms with E-state index >= 15 is 0 Å². The fourth-order valence-electron chi connectivity index (χ4n) is 0.781. The Morgan fingerprint density at radius 2 is 1.87 bits per heavy atom. The highest BCUT2D eigenvalue weighted by Crippen LogP contribution is 1.95. The maximum Gasteiger partial charge on any atom is 0.271 e. The van der Waals surface area contributed by atoms with Crippen LogP contribution in [0, 0.1) is 0 Å². The third-order valence-electron chi connectivity index (χ3n) is 1.78. The van der Waals surface area contributed by atoms with E-state index in [1.54, 1.807) is 12.1 Å². The number of carbonyl (C=O) groups is 2. The number of pyridine rings is 1. The van der Waals surface area contributed by atoms with Crippen molar-refractivity contribution in [2.24, 2.45) is 5.10 Å². The van der Waals surface area contributed by atoms with Crippen LogP contribution in [0.5, 0.6) is 0 Å². The normalized spacial score (nSPS) is 10.9. The van der Waals surface area contributed by atoms with Gasteiger partial charge in [-0.15, -0.1) is 0 Å². The van der Waals surface area contributed by atoms with E-state index in [1.165, 1.54) is 26.2 Å². The predicted molar refractivity (Wildman–Crippen MR) is 55.5 cm³/mol. The van der Waals surface area contributed by atoms with E-state index < -0.39 is 0 Å². The van der Waals surface area contributed by atoms with Crippen LogP contribution in [0.1, 0.15) is 24.2 Å². The molecule has 1 aromatic heterocycles. The number of hydrogen-bond acceptors (Lipinski definition) is 4. The zero-order chi connectivity index (χ0) is 11.3. The zero-order valence-corrected chi connectivity index (χ0v) is 8.52. The Balaban J connectivity index is 2.66. The van der Waals surface area contributed by atoms with Crippen LogP contribution in [-0.4, -0.2) is 22.4 Å². The van der Waals surface area contributed by atoms with Crippen molar-refractivity contribution in [3.8, 4) is 0 Å². The van der Waals surface area contributed by atoms with E-state index in [0.717, 1.165) is 0 Å². The molecule has 5 nitrogen and oxygen atoms in total. The summed E-state index contributed by atoms with van der Waals surface area (Å²) in [5.74, 6) is -0.539. The van der Waals surface area contributed by atoms with E-state index in [1.807, 2.05) is 0 Å². The number of Topliss-reactive ketones (excluding diaryl/α,β-unsaturated/α-hetero) is 1. The van der Waals surface area contributed by atoms with Crippen molar-refractivity contribution >= 4 is 17.4 Å². The first-order valence-corrected chi connectivity index (χ1v) is 4.37. The number of carbonyl (C=O) groups excluding carboxylic acids is 2. The fourth-order valence-corrected chi connectivity index (χ4v) is 0.781. The van der Waals surface area contributed by atoms with Gasteiger partial charge in [0, 0.05) is 24.9 Å². The Hall–Kier alpha value is -2.04. The molecule has 1 heterocycles. The smallest absolute Gasteiger partial charge is 0.271 e. The van der Waals surface area contributed by atoms with Gasteiger partial charge in [0.05, 0.1) is 0 Å². The highest BCUT2D eigenvalue weighted by atomic mass is 16.2. The van der Waals surface area contributed by atoms with Gasteiger partial charge in [0.2, 0.25) is 0 Å². The van der Waals surface area contributed by atoms with Crippen molar-refractivity contribution < 1.29 is 9.59 Å². The van der Waals surface area contributed by atoms with Crippen molar-refractivity contribution in [2.75, 3.05) is 0 Å². The molecule has 0 saturated heterocycles. The number of hydrazone groups is 1. The molecule has 0 aliphatic carbocycles. The summed E-state index contributed by atoms with van der Waals surface area (Å²) in [6.45, 7) is 2.92. The molecule has 1 aromatic rings. The quantitative estimate of drug-likeness (QED) is 0.585. The van der Waals surface area contributed by atoms with Crippen LogP contribution >= 0.6 is 0 Å². The number of hydrogen-bond donors (Lipinski definition) is 1. The van der Waals surface area contributed by atoms with E-state index in [9.17, 15) is 9.59 Å². The first kappa shape index (κ1) is 11.0. The molecule has 0 aliphatic rings. The molecule has 0 aliphatic heterocycles. The van der Waals surface area contributed by atoms with Crippen LogP contribution in [0.15, 0.2) is 29.6 Å². The lowest BCUT2D eigenvalue weighted by molar-refractivity contribution is -0.111. The Morgan fingerprint density at radius 1 is 1.27 bits per heavy atom. The van der Waals surface area contributed by atoms with Crippen molar-refractivity contribution in [1.82, 2.24) is 10.4 Å². The molecule has 0 radical (unpaired) electrons. The molecular formula is C10H11N3O2. The van der Waals surface area contributed by atoms with Crippen molar-refractivity contribution in [2.45, 2.75) is 13.8 Å². The van der Waals surface area contributed by atoms with Crippen LogP contribution in [-0.2, 0) is 4.79 Å². The zero-order valence-electron chi connectivity index (χ0n) is 8.52. The second kappa shape index (κ2) is 4.99. The molecule has 5 heteroatoms. The maximum absolute atomic E-state index is 11.4. The van der Waals surface area contributed by atoms with Gasteiger partial charge in [-0.2, -0.15) is 5.10 Å². The first-order chi connectivity index (χ1) is 7.11. The van der Waals surface area contributed by atoms with E-state index in [0.29, 0.717) is 5.56 Å². The Morgan fingerprint density at radius 3 is 2.40 bits per heavy atom. The van der Waals surface area contributed by atoms with Gasteiger partial charge in [0.15, 0.2) is 5.78 Å². The molecule has 15 heavy (non-hydrogen) atoms. The summed E-state index contributed by atoms with van der Waals surface area (Å²) in [7, 11) is 0. The SMILES string of the molecule is CC(=O)/C(C)=N/NC(=O)c1ccncc1. The van der Waals surface area contributed by atoms with Gasteiger partial charge in [-0.3, -0.25) is 14.6 Å². The van der Waals surface area contributed by atoms with E-state index in [2.05, 4.69) is 15.5 Å². The maximum atomic E-state index is 11.4. The summed E-state index contributed by atoms with van der Waals surface area (Å²) < 4.78 is 0. The lowest BCUT2D eigenvalue weighted by Crippen LogP contribution is -2.20. The molecule has 0 saturated carbocycles. The monoisotopic (exact) mass is 205 g/mol. The lowest BCUT2D eigenvalue weighted by atomic mass is 10.2. The van der Waals surface area contributed by atoms with Crippen LogP contribution in [0.2, 0.25) is 0 Å². The van der Waals surface area contributed by atoms with Gasteiger partial charge in [-0.25, -0.2) is 5.43 Å². The summed E-state index contributed by atoms with van der Waals surface area (Å²) in [6.07, 6.45) is 3.02. The number of nitrogens with zero attached hydrogens (tertiary/aromatic N) is 2. The molecule has 1 rings (SSSR count). The van der Waals surface area contributed by atoms with Crippen molar-refractivity contribution in [3.63, 3.8) is 0 Å². The van der Waals surface area contributed by atoms with Crippen LogP contribution < -0.4 is 5.43 Å². The summed E-state index contributed by atoms with van der Waals surface area (Å²) in [4.78, 5) is 26.0. The molecule has 0 bridgehead atoms. The summed E-state index contributed by atoms with van der Waals surface area (Å²) in [5, 5.41) is 3.65. The minimum Gasteiger partial charge on any atom is -0.293 e. The number of aromatic nitrogens is 1. The number of ketones is 1. The number of amides is 1. The third-order valence-corrected chi connectivity index (χ3v) is 1.78. The van der Waals surface area contributed by atoms with Crippen molar-refractivity contribution in [1.29, 1.82) is 0 Å². The van der Waals surface area contributed by atoms with Crippen LogP contribution in [0.3, 0.4) is 0 Å². The van der Waals surface area contributed by atoms with Gasteiger partial charge < -0.3 is 0 Å². The molecule has 0 aromatic carbocycles. The van der Waals surface area contributed by atoms with Gasteiger partial charge in [-0.05, 0) is 19.1 Å². The standard InChI is InChI=1S/C10H11N3O2/c1-7(8(2)14)12-13-10(15)9-3-5-11-6-4-9/h3-6H,1-2H3,(H,13,15)/b12-7+. The second-order valence-corrected chi connectivity index (χ2v) is 2.93. The highest BCUT2D eigenvalue weighted by Gasteiger charge is 2.04. The summed E-state index contributed by atoms with van der Waals surface area (Å²) >= 11 is 0. The molecule has 1 amide bonds. The average molecular weight is 205 g/mol. The lowest BCUT2D eigenvalue weighted by Gasteiger charge is -1.99. The fraction of sp³-hybridized carbons (Fsp3) is 0.200. The van der Waals surface area contributed by atoms with E-state index in [-0.39, 0.29) is 17.4 Å². The Kier molecular flexibility index (Phi) is 3.68. The van der Waals surface area contributed by atoms with Crippen LogP contribution in [0.4, 0.5) is 0 Å².